The second-order valence-electron chi connectivity index (χ2n) is 4.67. The van der Waals surface area contributed by atoms with E-state index < -0.39 is 11.7 Å². The summed E-state index contributed by atoms with van der Waals surface area (Å²) in [5.74, 6) is -0.287. The van der Waals surface area contributed by atoms with Gasteiger partial charge in [-0.2, -0.15) is 13.2 Å². The van der Waals surface area contributed by atoms with Gasteiger partial charge in [-0.15, -0.1) is 0 Å². The van der Waals surface area contributed by atoms with Crippen molar-refractivity contribution in [2.75, 3.05) is 12.4 Å². The SMILES string of the molecule is CNc1ccccc1C(=O)NCc1ccc(C(F)(F)F)cc1. The largest absolute Gasteiger partial charge is 0.416 e. The van der Waals surface area contributed by atoms with Gasteiger partial charge in [0.1, 0.15) is 0 Å². The number of anilines is 1. The minimum absolute atomic E-state index is 0.162. The molecule has 2 rings (SSSR count). The van der Waals surface area contributed by atoms with Crippen LogP contribution in [-0.4, -0.2) is 13.0 Å². The van der Waals surface area contributed by atoms with Crippen molar-refractivity contribution in [2.45, 2.75) is 12.7 Å². The molecule has 0 aliphatic carbocycles. The molecule has 2 N–H and O–H groups in total. The molecule has 0 fully saturated rings. The van der Waals surface area contributed by atoms with Crippen molar-refractivity contribution in [1.82, 2.24) is 5.32 Å². The van der Waals surface area contributed by atoms with Crippen LogP contribution in [0.3, 0.4) is 0 Å². The summed E-state index contributed by atoms with van der Waals surface area (Å²) < 4.78 is 37.4. The van der Waals surface area contributed by atoms with Crippen molar-refractivity contribution in [3.05, 3.63) is 65.2 Å². The molecule has 0 radical (unpaired) electrons. The van der Waals surface area contributed by atoms with Crippen molar-refractivity contribution in [3.8, 4) is 0 Å². The molecule has 2 aromatic rings. The third-order valence-corrected chi connectivity index (χ3v) is 3.18. The average Bonchev–Trinajstić information content (AvgIpc) is 2.52. The summed E-state index contributed by atoms with van der Waals surface area (Å²) in [6.45, 7) is 0.162. The van der Waals surface area contributed by atoms with E-state index in [0.29, 0.717) is 16.8 Å². The fourth-order valence-electron chi connectivity index (χ4n) is 1.99. The van der Waals surface area contributed by atoms with Crippen LogP contribution < -0.4 is 10.6 Å². The van der Waals surface area contributed by atoms with Gasteiger partial charge in [-0.3, -0.25) is 4.79 Å². The molecule has 0 aliphatic heterocycles. The van der Waals surface area contributed by atoms with E-state index in [1.54, 1.807) is 31.3 Å². The molecule has 0 aliphatic rings. The molecule has 0 unspecified atom stereocenters. The van der Waals surface area contributed by atoms with Gasteiger partial charge in [0.25, 0.3) is 5.91 Å². The molecule has 0 saturated carbocycles. The zero-order chi connectivity index (χ0) is 16.2. The maximum atomic E-state index is 12.5. The minimum Gasteiger partial charge on any atom is -0.387 e. The quantitative estimate of drug-likeness (QED) is 0.904. The van der Waals surface area contributed by atoms with E-state index >= 15 is 0 Å². The smallest absolute Gasteiger partial charge is 0.387 e. The van der Waals surface area contributed by atoms with E-state index in [1.807, 2.05) is 0 Å². The predicted octanol–water partition coefficient (Wildman–Crippen LogP) is 3.68. The molecule has 2 aromatic carbocycles. The number of halogens is 3. The minimum atomic E-state index is -4.35. The van der Waals surface area contributed by atoms with Gasteiger partial charge in [0.05, 0.1) is 11.1 Å². The number of amides is 1. The highest BCUT2D eigenvalue weighted by Gasteiger charge is 2.29. The van der Waals surface area contributed by atoms with Gasteiger partial charge < -0.3 is 10.6 Å². The third-order valence-electron chi connectivity index (χ3n) is 3.18. The summed E-state index contributed by atoms with van der Waals surface area (Å²) >= 11 is 0. The van der Waals surface area contributed by atoms with Crippen LogP contribution in [0.4, 0.5) is 18.9 Å². The van der Waals surface area contributed by atoms with Gasteiger partial charge >= 0.3 is 6.18 Å². The Morgan fingerprint density at radius 1 is 1.05 bits per heavy atom. The number of hydrogen-bond donors (Lipinski definition) is 2. The molecule has 0 atom stereocenters. The average molecular weight is 308 g/mol. The number of carbonyl (C=O) groups excluding carboxylic acids is 1. The molecule has 22 heavy (non-hydrogen) atoms. The number of rotatable bonds is 4. The fourth-order valence-corrected chi connectivity index (χ4v) is 1.99. The zero-order valence-corrected chi connectivity index (χ0v) is 11.9. The molecule has 0 spiro atoms. The number of nitrogens with one attached hydrogen (secondary N) is 2. The molecule has 0 aromatic heterocycles. The molecule has 3 nitrogen and oxygen atoms in total. The Balaban J connectivity index is 2.02. The molecular weight excluding hydrogens is 293 g/mol. The van der Waals surface area contributed by atoms with Crippen molar-refractivity contribution in [1.29, 1.82) is 0 Å². The van der Waals surface area contributed by atoms with Crippen LogP contribution in [0.25, 0.3) is 0 Å². The lowest BCUT2D eigenvalue weighted by Crippen LogP contribution is -2.23. The Labute approximate surface area is 126 Å². The predicted molar refractivity (Wildman–Crippen MR) is 78.6 cm³/mol. The molecule has 116 valence electrons. The first kappa shape index (κ1) is 15.9. The van der Waals surface area contributed by atoms with Crippen LogP contribution in [0.1, 0.15) is 21.5 Å². The van der Waals surface area contributed by atoms with Crippen molar-refractivity contribution >= 4 is 11.6 Å². The van der Waals surface area contributed by atoms with Gasteiger partial charge in [0.15, 0.2) is 0 Å². The summed E-state index contributed by atoms with van der Waals surface area (Å²) in [6.07, 6.45) is -4.35. The molecule has 1 amide bonds. The Hall–Kier alpha value is -2.50. The first-order valence-electron chi connectivity index (χ1n) is 6.63. The van der Waals surface area contributed by atoms with Gasteiger partial charge in [-0.05, 0) is 29.8 Å². The van der Waals surface area contributed by atoms with Crippen LogP contribution in [-0.2, 0) is 12.7 Å². The van der Waals surface area contributed by atoms with Crippen molar-refractivity contribution in [2.24, 2.45) is 0 Å². The fraction of sp³-hybridized carbons (Fsp3) is 0.188. The number of hydrogen-bond acceptors (Lipinski definition) is 2. The van der Waals surface area contributed by atoms with Gasteiger partial charge in [0.2, 0.25) is 0 Å². The van der Waals surface area contributed by atoms with Gasteiger partial charge in [-0.25, -0.2) is 0 Å². The normalized spacial score (nSPS) is 11.1. The summed E-state index contributed by atoms with van der Waals surface area (Å²) in [7, 11) is 1.71. The van der Waals surface area contributed by atoms with Gasteiger partial charge in [0, 0.05) is 19.3 Å². The van der Waals surface area contributed by atoms with Gasteiger partial charge in [-0.1, -0.05) is 24.3 Å². The molecule has 0 heterocycles. The Morgan fingerprint density at radius 3 is 2.27 bits per heavy atom. The Kier molecular flexibility index (Phi) is 4.70. The Bertz CT molecular complexity index is 651. The first-order valence-corrected chi connectivity index (χ1v) is 6.63. The summed E-state index contributed by atoms with van der Waals surface area (Å²) in [4.78, 5) is 12.1. The third kappa shape index (κ3) is 3.78. The number of carbonyl (C=O) groups is 1. The van der Waals surface area contributed by atoms with Crippen LogP contribution in [0.15, 0.2) is 48.5 Å². The zero-order valence-electron chi connectivity index (χ0n) is 11.9. The number of alkyl halides is 3. The summed E-state index contributed by atoms with van der Waals surface area (Å²) in [5, 5.41) is 5.60. The summed E-state index contributed by atoms with van der Waals surface area (Å²) in [5.41, 5.74) is 1.07. The maximum Gasteiger partial charge on any atom is 0.416 e. The summed E-state index contributed by atoms with van der Waals surface area (Å²) in [6, 6.07) is 11.7. The van der Waals surface area contributed by atoms with E-state index in [4.69, 9.17) is 0 Å². The van der Waals surface area contributed by atoms with Crippen LogP contribution >= 0.6 is 0 Å². The number of benzene rings is 2. The highest BCUT2D eigenvalue weighted by Crippen LogP contribution is 2.29. The first-order chi connectivity index (χ1) is 10.4. The lowest BCUT2D eigenvalue weighted by molar-refractivity contribution is -0.137. The molecular formula is C16H15F3N2O. The van der Waals surface area contributed by atoms with Crippen LogP contribution in [0.5, 0.6) is 0 Å². The topological polar surface area (TPSA) is 41.1 Å². The molecule has 0 bridgehead atoms. The van der Waals surface area contributed by atoms with Crippen molar-refractivity contribution in [3.63, 3.8) is 0 Å². The van der Waals surface area contributed by atoms with Crippen LogP contribution in [0, 0.1) is 0 Å². The van der Waals surface area contributed by atoms with Crippen LogP contribution in [0.2, 0.25) is 0 Å². The second-order valence-corrected chi connectivity index (χ2v) is 4.67. The lowest BCUT2D eigenvalue weighted by Gasteiger charge is -2.10. The van der Waals surface area contributed by atoms with E-state index in [1.165, 1.54) is 12.1 Å². The molecule has 0 saturated heterocycles. The maximum absolute atomic E-state index is 12.5. The highest BCUT2D eigenvalue weighted by molar-refractivity contribution is 5.99. The van der Waals surface area contributed by atoms with E-state index in [9.17, 15) is 18.0 Å². The second kappa shape index (κ2) is 6.51. The van der Waals surface area contributed by atoms with E-state index in [2.05, 4.69) is 10.6 Å². The number of para-hydroxylation sites is 1. The Morgan fingerprint density at radius 2 is 1.68 bits per heavy atom. The van der Waals surface area contributed by atoms with E-state index in [-0.39, 0.29) is 12.5 Å². The lowest BCUT2D eigenvalue weighted by atomic mass is 10.1. The monoisotopic (exact) mass is 308 g/mol. The van der Waals surface area contributed by atoms with Crippen molar-refractivity contribution < 1.29 is 18.0 Å². The standard InChI is InChI=1S/C16H15F3N2O/c1-20-14-5-3-2-4-13(14)15(22)21-10-11-6-8-12(9-7-11)16(17,18)19/h2-9,20H,10H2,1H3,(H,21,22). The highest BCUT2D eigenvalue weighted by atomic mass is 19.4. The molecule has 6 heteroatoms. The van der Waals surface area contributed by atoms with E-state index in [0.717, 1.165) is 12.1 Å².